The maximum Gasteiger partial charge on any atom is 0.417 e. The molecule has 2 nitrogen and oxygen atoms in total. The molecule has 0 saturated heterocycles. The molecule has 2 rings (SSSR count). The number of nitrogens with one attached hydrogen (secondary N) is 1. The quantitative estimate of drug-likeness (QED) is 0.817. The molecule has 0 amide bonds. The molecule has 1 aromatic heterocycles. The van der Waals surface area contributed by atoms with Crippen LogP contribution < -0.4 is 5.32 Å². The van der Waals surface area contributed by atoms with Gasteiger partial charge in [-0.05, 0) is 37.9 Å². The summed E-state index contributed by atoms with van der Waals surface area (Å²) in [5, 5.41) is 4.00. The van der Waals surface area contributed by atoms with Crippen molar-refractivity contribution in [3.63, 3.8) is 0 Å². The normalized spacial score (nSPS) is 18.7. The summed E-state index contributed by atoms with van der Waals surface area (Å²) in [7, 11) is 1.96. The van der Waals surface area contributed by atoms with Crippen molar-refractivity contribution in [3.8, 4) is 0 Å². The highest BCUT2D eigenvalue weighted by Gasteiger charge is 2.30. The van der Waals surface area contributed by atoms with Crippen molar-refractivity contribution in [2.75, 3.05) is 12.8 Å². The molecule has 1 aliphatic carbocycles. The van der Waals surface area contributed by atoms with Crippen LogP contribution in [0.3, 0.4) is 0 Å². The van der Waals surface area contributed by atoms with E-state index in [1.54, 1.807) is 0 Å². The Morgan fingerprint density at radius 2 is 2.00 bits per heavy atom. The maximum atomic E-state index is 12.5. The van der Waals surface area contributed by atoms with Crippen molar-refractivity contribution < 1.29 is 13.2 Å². The average molecular weight is 318 g/mol. The Kier molecular flexibility index (Phi) is 5.93. The van der Waals surface area contributed by atoms with Gasteiger partial charge >= 0.3 is 6.18 Å². The Labute approximate surface area is 127 Å². The topological polar surface area (TPSA) is 24.9 Å². The van der Waals surface area contributed by atoms with E-state index < -0.39 is 11.7 Å². The molecule has 1 N–H and O–H groups in total. The summed E-state index contributed by atoms with van der Waals surface area (Å²) in [5.74, 6) is 1.52. The van der Waals surface area contributed by atoms with E-state index in [1.807, 2.05) is 7.05 Å². The Bertz CT molecular complexity index is 428. The number of alkyl halides is 3. The minimum atomic E-state index is -4.31. The minimum absolute atomic E-state index is 0.402. The third kappa shape index (κ3) is 4.88. The molecule has 0 aromatic carbocycles. The molecule has 0 spiro atoms. The maximum absolute atomic E-state index is 12.5. The lowest BCUT2D eigenvalue weighted by Crippen LogP contribution is -2.36. The number of aromatic nitrogens is 1. The summed E-state index contributed by atoms with van der Waals surface area (Å²) >= 11 is 1.53. The number of pyridine rings is 1. The molecule has 1 fully saturated rings. The molecule has 0 radical (unpaired) electrons. The second-order valence-electron chi connectivity index (χ2n) is 5.49. The molecule has 0 bridgehead atoms. The SMILES string of the molecule is CNC(CSc1ccc(C(F)(F)F)cn1)C1CCCCC1. The summed E-state index contributed by atoms with van der Waals surface area (Å²) in [4.78, 5) is 3.91. The second-order valence-corrected chi connectivity index (χ2v) is 6.53. The fourth-order valence-electron chi connectivity index (χ4n) is 2.80. The van der Waals surface area contributed by atoms with Crippen LogP contribution >= 0.6 is 11.8 Å². The molecular formula is C15H21F3N2S. The fraction of sp³-hybridized carbons (Fsp3) is 0.667. The van der Waals surface area contributed by atoms with E-state index in [0.717, 1.165) is 18.0 Å². The lowest BCUT2D eigenvalue weighted by Gasteiger charge is -2.29. The highest BCUT2D eigenvalue weighted by Crippen LogP contribution is 2.31. The molecule has 1 unspecified atom stereocenters. The predicted octanol–water partition coefficient (Wildman–Crippen LogP) is 4.36. The Morgan fingerprint density at radius 3 is 2.52 bits per heavy atom. The highest BCUT2D eigenvalue weighted by molar-refractivity contribution is 7.99. The third-order valence-electron chi connectivity index (χ3n) is 4.06. The van der Waals surface area contributed by atoms with Crippen LogP contribution in [0.2, 0.25) is 0 Å². The molecule has 6 heteroatoms. The minimum Gasteiger partial charge on any atom is -0.316 e. The zero-order valence-electron chi connectivity index (χ0n) is 12.1. The van der Waals surface area contributed by atoms with Gasteiger partial charge in [-0.2, -0.15) is 13.2 Å². The summed E-state index contributed by atoms with van der Waals surface area (Å²) in [6, 6.07) is 2.96. The van der Waals surface area contributed by atoms with Gasteiger partial charge in [-0.1, -0.05) is 19.3 Å². The number of hydrogen-bond donors (Lipinski definition) is 1. The van der Waals surface area contributed by atoms with Crippen molar-refractivity contribution in [3.05, 3.63) is 23.9 Å². The van der Waals surface area contributed by atoms with Crippen LogP contribution in [-0.4, -0.2) is 23.8 Å². The van der Waals surface area contributed by atoms with Crippen LogP contribution in [-0.2, 0) is 6.18 Å². The average Bonchev–Trinajstić information content (AvgIpc) is 2.48. The molecule has 1 atom stereocenters. The molecule has 1 aliphatic rings. The van der Waals surface area contributed by atoms with Gasteiger partial charge in [0.15, 0.2) is 0 Å². The molecule has 0 aliphatic heterocycles. The van der Waals surface area contributed by atoms with Crippen LogP contribution in [0.5, 0.6) is 0 Å². The van der Waals surface area contributed by atoms with Gasteiger partial charge in [0, 0.05) is 18.0 Å². The number of halogens is 3. The summed E-state index contributed by atoms with van der Waals surface area (Å²) in [6.45, 7) is 0. The van der Waals surface area contributed by atoms with Gasteiger partial charge in [-0.25, -0.2) is 4.98 Å². The van der Waals surface area contributed by atoms with Crippen molar-refractivity contribution in [2.24, 2.45) is 5.92 Å². The lowest BCUT2D eigenvalue weighted by atomic mass is 9.84. The van der Waals surface area contributed by atoms with Crippen LogP contribution in [0.4, 0.5) is 13.2 Å². The van der Waals surface area contributed by atoms with E-state index in [2.05, 4.69) is 10.3 Å². The molecule has 1 saturated carbocycles. The van der Waals surface area contributed by atoms with Gasteiger partial charge in [0.05, 0.1) is 10.6 Å². The highest BCUT2D eigenvalue weighted by atomic mass is 32.2. The van der Waals surface area contributed by atoms with Gasteiger partial charge in [-0.3, -0.25) is 0 Å². The molecule has 1 heterocycles. The van der Waals surface area contributed by atoms with Gasteiger partial charge in [-0.15, -0.1) is 11.8 Å². The molecular weight excluding hydrogens is 297 g/mol. The number of thioether (sulfide) groups is 1. The zero-order valence-corrected chi connectivity index (χ0v) is 12.9. The molecule has 21 heavy (non-hydrogen) atoms. The molecule has 1 aromatic rings. The number of nitrogens with zero attached hydrogens (tertiary/aromatic N) is 1. The van der Waals surface area contributed by atoms with Crippen LogP contribution in [0.1, 0.15) is 37.7 Å². The first-order valence-corrected chi connectivity index (χ1v) is 8.32. The lowest BCUT2D eigenvalue weighted by molar-refractivity contribution is -0.137. The number of rotatable bonds is 5. The fourth-order valence-corrected chi connectivity index (χ4v) is 3.88. The van der Waals surface area contributed by atoms with Crippen molar-refractivity contribution in [1.29, 1.82) is 0 Å². The third-order valence-corrected chi connectivity index (χ3v) is 5.13. The summed E-state index contributed by atoms with van der Waals surface area (Å²) in [6.07, 6.45) is 2.97. The number of hydrogen-bond acceptors (Lipinski definition) is 3. The van der Waals surface area contributed by atoms with E-state index >= 15 is 0 Å². The van der Waals surface area contributed by atoms with Gasteiger partial charge in [0.1, 0.15) is 0 Å². The Balaban J connectivity index is 1.89. The standard InChI is InChI=1S/C15H21F3N2S/c1-19-13(11-5-3-2-4-6-11)10-21-14-8-7-12(9-20-14)15(16,17)18/h7-9,11,13,19H,2-6,10H2,1H3. The Morgan fingerprint density at radius 1 is 1.29 bits per heavy atom. The van der Waals surface area contributed by atoms with E-state index in [0.29, 0.717) is 17.0 Å². The van der Waals surface area contributed by atoms with E-state index in [4.69, 9.17) is 0 Å². The van der Waals surface area contributed by atoms with Crippen LogP contribution in [0.25, 0.3) is 0 Å². The summed E-state index contributed by atoms with van der Waals surface area (Å²) in [5.41, 5.74) is -0.690. The predicted molar refractivity (Wildman–Crippen MR) is 79.4 cm³/mol. The second kappa shape index (κ2) is 7.49. The van der Waals surface area contributed by atoms with Crippen molar-refractivity contribution >= 4 is 11.8 Å². The zero-order chi connectivity index (χ0) is 15.3. The summed E-state index contributed by atoms with van der Waals surface area (Å²) < 4.78 is 37.4. The van der Waals surface area contributed by atoms with Crippen LogP contribution in [0.15, 0.2) is 23.4 Å². The van der Waals surface area contributed by atoms with Gasteiger partial charge in [0.25, 0.3) is 0 Å². The smallest absolute Gasteiger partial charge is 0.316 e. The van der Waals surface area contributed by atoms with E-state index in [1.165, 1.54) is 49.9 Å². The van der Waals surface area contributed by atoms with Gasteiger partial charge < -0.3 is 5.32 Å². The van der Waals surface area contributed by atoms with Gasteiger partial charge in [0.2, 0.25) is 0 Å². The monoisotopic (exact) mass is 318 g/mol. The first kappa shape index (κ1) is 16.6. The largest absolute Gasteiger partial charge is 0.417 e. The Hall–Kier alpha value is -0.750. The first-order valence-electron chi connectivity index (χ1n) is 7.34. The van der Waals surface area contributed by atoms with E-state index in [9.17, 15) is 13.2 Å². The first-order chi connectivity index (χ1) is 10.0. The molecule has 118 valence electrons. The van der Waals surface area contributed by atoms with E-state index in [-0.39, 0.29) is 0 Å². The van der Waals surface area contributed by atoms with Crippen molar-refractivity contribution in [2.45, 2.75) is 49.3 Å². The van der Waals surface area contributed by atoms with Crippen molar-refractivity contribution in [1.82, 2.24) is 10.3 Å². The van der Waals surface area contributed by atoms with Crippen LogP contribution in [0, 0.1) is 5.92 Å².